The molecule has 0 saturated heterocycles. The monoisotopic (exact) mass is 206 g/mol. The van der Waals surface area contributed by atoms with Crippen LogP contribution in [0.2, 0.25) is 0 Å². The number of alkyl halides is 1. The second-order valence-corrected chi connectivity index (χ2v) is 4.23. The predicted octanol–water partition coefficient (Wildman–Crippen LogP) is 1.89. The minimum atomic E-state index is 0.807. The van der Waals surface area contributed by atoms with Gasteiger partial charge in [0.2, 0.25) is 0 Å². The van der Waals surface area contributed by atoms with Crippen LogP contribution in [0.4, 0.5) is 0 Å². The van der Waals surface area contributed by atoms with Crippen molar-refractivity contribution in [3.8, 4) is 0 Å². The normalized spacial score (nSPS) is 11.5. The maximum atomic E-state index is 5.60. The Labute approximate surface area is 87.8 Å². The Morgan fingerprint density at radius 2 is 1.54 bits per heavy atom. The summed E-state index contributed by atoms with van der Waals surface area (Å²) in [6.07, 6.45) is 3.69. The van der Waals surface area contributed by atoms with Crippen LogP contribution in [-0.4, -0.2) is 56.5 Å². The number of halogens is 1. The second-order valence-electron chi connectivity index (χ2n) is 3.86. The molecule has 0 aliphatic carbocycles. The summed E-state index contributed by atoms with van der Waals surface area (Å²) in [6.45, 7) is 3.50. The Balaban J connectivity index is 3.15. The molecule has 0 rings (SSSR count). The van der Waals surface area contributed by atoms with Crippen molar-refractivity contribution < 1.29 is 0 Å². The lowest BCUT2D eigenvalue weighted by Gasteiger charge is -2.18. The van der Waals surface area contributed by atoms with E-state index in [1.54, 1.807) is 0 Å². The minimum Gasteiger partial charge on any atom is -0.308 e. The molecule has 0 unspecified atom stereocenters. The number of unbranched alkanes of at least 4 members (excludes halogenated alkanes) is 2. The van der Waals surface area contributed by atoms with Gasteiger partial charge in [0.15, 0.2) is 0 Å². The third kappa shape index (κ3) is 10.1. The van der Waals surface area contributed by atoms with Gasteiger partial charge in [-0.3, -0.25) is 0 Å². The van der Waals surface area contributed by atoms with E-state index < -0.39 is 0 Å². The number of rotatable bonds is 8. The molecule has 0 bridgehead atoms. The summed E-state index contributed by atoms with van der Waals surface area (Å²) in [7, 11) is 6.41. The Kier molecular flexibility index (Phi) is 8.93. The van der Waals surface area contributed by atoms with Crippen LogP contribution in [0.5, 0.6) is 0 Å². The zero-order valence-corrected chi connectivity index (χ0v) is 9.98. The predicted molar refractivity (Wildman–Crippen MR) is 60.6 cm³/mol. The van der Waals surface area contributed by atoms with E-state index in [-0.39, 0.29) is 0 Å². The highest BCUT2D eigenvalue weighted by molar-refractivity contribution is 6.17. The SMILES string of the molecule is CN(C)CCN(C)CCCCCCl. The molecule has 3 heteroatoms. The fourth-order valence-corrected chi connectivity index (χ4v) is 1.32. The summed E-state index contributed by atoms with van der Waals surface area (Å²) in [5.41, 5.74) is 0. The van der Waals surface area contributed by atoms with Crippen LogP contribution in [0.25, 0.3) is 0 Å². The van der Waals surface area contributed by atoms with Gasteiger partial charge in [-0.05, 0) is 40.5 Å². The van der Waals surface area contributed by atoms with Gasteiger partial charge in [0, 0.05) is 19.0 Å². The van der Waals surface area contributed by atoms with Gasteiger partial charge in [-0.1, -0.05) is 6.42 Å². The van der Waals surface area contributed by atoms with E-state index in [1.165, 1.54) is 19.4 Å². The number of nitrogens with zero attached hydrogens (tertiary/aromatic N) is 2. The maximum absolute atomic E-state index is 5.60. The largest absolute Gasteiger partial charge is 0.308 e. The first kappa shape index (κ1) is 13.2. The fraction of sp³-hybridized carbons (Fsp3) is 1.00. The van der Waals surface area contributed by atoms with Crippen molar-refractivity contribution in [3.05, 3.63) is 0 Å². The van der Waals surface area contributed by atoms with Crippen LogP contribution < -0.4 is 0 Å². The third-order valence-electron chi connectivity index (χ3n) is 2.10. The summed E-state index contributed by atoms with van der Waals surface area (Å²) in [5, 5.41) is 0. The molecule has 0 aromatic rings. The number of hydrogen-bond donors (Lipinski definition) is 0. The van der Waals surface area contributed by atoms with E-state index in [4.69, 9.17) is 11.6 Å². The lowest BCUT2D eigenvalue weighted by Crippen LogP contribution is -2.29. The van der Waals surface area contributed by atoms with E-state index in [2.05, 4.69) is 30.9 Å². The smallest absolute Gasteiger partial charge is 0.0223 e. The highest BCUT2D eigenvalue weighted by Crippen LogP contribution is 1.98. The number of hydrogen-bond acceptors (Lipinski definition) is 2. The summed E-state index contributed by atoms with van der Waals surface area (Å²) in [4.78, 5) is 4.60. The Morgan fingerprint density at radius 3 is 2.08 bits per heavy atom. The summed E-state index contributed by atoms with van der Waals surface area (Å²) < 4.78 is 0. The fourth-order valence-electron chi connectivity index (χ4n) is 1.14. The lowest BCUT2D eigenvalue weighted by atomic mass is 10.2. The molecule has 0 aromatic heterocycles. The Bertz CT molecular complexity index is 107. The lowest BCUT2D eigenvalue weighted by molar-refractivity contribution is 0.277. The highest BCUT2D eigenvalue weighted by Gasteiger charge is 1.98. The zero-order chi connectivity index (χ0) is 10.1. The average molecular weight is 207 g/mol. The Morgan fingerprint density at radius 1 is 0.846 bits per heavy atom. The molecular formula is C10H23ClN2. The summed E-state index contributed by atoms with van der Waals surface area (Å²) >= 11 is 5.60. The van der Waals surface area contributed by atoms with Gasteiger partial charge in [-0.25, -0.2) is 0 Å². The first-order valence-electron chi connectivity index (χ1n) is 5.06. The zero-order valence-electron chi connectivity index (χ0n) is 9.22. The van der Waals surface area contributed by atoms with Crippen LogP contribution in [0.15, 0.2) is 0 Å². The van der Waals surface area contributed by atoms with Gasteiger partial charge < -0.3 is 9.80 Å². The van der Waals surface area contributed by atoms with Crippen LogP contribution >= 0.6 is 11.6 Å². The molecule has 80 valence electrons. The van der Waals surface area contributed by atoms with E-state index in [0.29, 0.717) is 0 Å². The van der Waals surface area contributed by atoms with Crippen molar-refractivity contribution in [1.82, 2.24) is 9.80 Å². The van der Waals surface area contributed by atoms with Crippen LogP contribution in [-0.2, 0) is 0 Å². The molecule has 0 N–H and O–H groups in total. The molecule has 2 nitrogen and oxygen atoms in total. The van der Waals surface area contributed by atoms with Crippen molar-refractivity contribution in [2.75, 3.05) is 46.7 Å². The molecule has 0 aliphatic heterocycles. The standard InChI is InChI=1S/C10H23ClN2/c1-12(2)9-10-13(3)8-6-4-5-7-11/h4-10H2,1-3H3. The van der Waals surface area contributed by atoms with Gasteiger partial charge >= 0.3 is 0 Å². The molecule has 0 fully saturated rings. The van der Waals surface area contributed by atoms with E-state index in [1.807, 2.05) is 0 Å². The first-order chi connectivity index (χ1) is 6.16. The minimum absolute atomic E-state index is 0.807. The topological polar surface area (TPSA) is 6.48 Å². The molecule has 0 aromatic carbocycles. The molecule has 0 saturated carbocycles. The molecule has 0 heterocycles. The van der Waals surface area contributed by atoms with Crippen LogP contribution in [0.3, 0.4) is 0 Å². The van der Waals surface area contributed by atoms with E-state index in [9.17, 15) is 0 Å². The molecule has 0 aliphatic rings. The molecule has 0 spiro atoms. The van der Waals surface area contributed by atoms with E-state index in [0.717, 1.165) is 25.4 Å². The van der Waals surface area contributed by atoms with E-state index >= 15 is 0 Å². The van der Waals surface area contributed by atoms with Gasteiger partial charge in [0.25, 0.3) is 0 Å². The van der Waals surface area contributed by atoms with Gasteiger partial charge in [0.1, 0.15) is 0 Å². The van der Waals surface area contributed by atoms with Gasteiger partial charge in [-0.15, -0.1) is 11.6 Å². The van der Waals surface area contributed by atoms with Crippen molar-refractivity contribution in [1.29, 1.82) is 0 Å². The van der Waals surface area contributed by atoms with Gasteiger partial charge in [-0.2, -0.15) is 0 Å². The van der Waals surface area contributed by atoms with Crippen LogP contribution in [0.1, 0.15) is 19.3 Å². The maximum Gasteiger partial charge on any atom is 0.0223 e. The van der Waals surface area contributed by atoms with Crippen LogP contribution in [0, 0.1) is 0 Å². The second kappa shape index (κ2) is 8.79. The summed E-state index contributed by atoms with van der Waals surface area (Å²) in [6, 6.07) is 0. The molecular weight excluding hydrogens is 184 g/mol. The quantitative estimate of drug-likeness (QED) is 0.442. The van der Waals surface area contributed by atoms with Crippen molar-refractivity contribution in [2.45, 2.75) is 19.3 Å². The van der Waals surface area contributed by atoms with Gasteiger partial charge in [0.05, 0.1) is 0 Å². The van der Waals surface area contributed by atoms with Crippen molar-refractivity contribution in [2.24, 2.45) is 0 Å². The van der Waals surface area contributed by atoms with Crippen molar-refractivity contribution >= 4 is 11.6 Å². The molecule has 0 atom stereocenters. The molecule has 0 radical (unpaired) electrons. The highest BCUT2D eigenvalue weighted by atomic mass is 35.5. The average Bonchev–Trinajstić information content (AvgIpc) is 2.09. The first-order valence-corrected chi connectivity index (χ1v) is 5.59. The van der Waals surface area contributed by atoms with Crippen molar-refractivity contribution in [3.63, 3.8) is 0 Å². The molecule has 13 heavy (non-hydrogen) atoms. The summed E-state index contributed by atoms with van der Waals surface area (Å²) in [5.74, 6) is 0.807. The Hall–Kier alpha value is 0.210. The number of likely N-dealkylation sites (N-methyl/N-ethyl adjacent to an activating group) is 2. The third-order valence-corrected chi connectivity index (χ3v) is 2.37. The molecule has 0 amide bonds.